The molecule has 3 aromatic rings. The first-order valence-corrected chi connectivity index (χ1v) is 8.68. The number of hydrogen-bond donors (Lipinski definition) is 0. The highest BCUT2D eigenvalue weighted by molar-refractivity contribution is 6.30. The lowest BCUT2D eigenvalue weighted by Crippen LogP contribution is -2.40. The average Bonchev–Trinajstić information content (AvgIpc) is 2.58. The summed E-state index contributed by atoms with van der Waals surface area (Å²) in [6, 6.07) is 10.8. The van der Waals surface area contributed by atoms with Crippen molar-refractivity contribution in [2.75, 3.05) is 0 Å². The molecule has 0 radical (unpaired) electrons. The van der Waals surface area contributed by atoms with Crippen molar-refractivity contribution in [1.29, 1.82) is 0 Å². The summed E-state index contributed by atoms with van der Waals surface area (Å²) in [6.07, 6.45) is 2.35. The van der Waals surface area contributed by atoms with Gasteiger partial charge in [-0.25, -0.2) is 9.78 Å². The summed E-state index contributed by atoms with van der Waals surface area (Å²) in [4.78, 5) is 29.9. The maximum atomic E-state index is 13.0. The minimum atomic E-state index is -0.336. The van der Waals surface area contributed by atoms with Gasteiger partial charge >= 0.3 is 5.69 Å². The molecule has 0 saturated heterocycles. The number of aromatic nitrogens is 3. The molecule has 6 heteroatoms. The van der Waals surface area contributed by atoms with Gasteiger partial charge in [0, 0.05) is 17.8 Å². The minimum absolute atomic E-state index is 0.281. The van der Waals surface area contributed by atoms with Crippen molar-refractivity contribution in [3.63, 3.8) is 0 Å². The SMILES string of the molecule is CC(C)CCn1c(=O)c2cccnc2n(Cc2cccc(Cl)c2)c1=O. The van der Waals surface area contributed by atoms with Crippen LogP contribution in [0.4, 0.5) is 0 Å². The second-order valence-electron chi connectivity index (χ2n) is 6.51. The van der Waals surface area contributed by atoms with Crippen molar-refractivity contribution in [3.05, 3.63) is 74.0 Å². The first kappa shape index (κ1) is 17.4. The van der Waals surface area contributed by atoms with Gasteiger partial charge in [0.1, 0.15) is 5.65 Å². The van der Waals surface area contributed by atoms with Crippen LogP contribution in [-0.2, 0) is 13.1 Å². The molecule has 0 aliphatic heterocycles. The molecule has 0 fully saturated rings. The van der Waals surface area contributed by atoms with Gasteiger partial charge in [0.15, 0.2) is 0 Å². The first-order valence-electron chi connectivity index (χ1n) is 8.30. The van der Waals surface area contributed by atoms with E-state index in [2.05, 4.69) is 18.8 Å². The Morgan fingerprint density at radius 1 is 1.12 bits per heavy atom. The van der Waals surface area contributed by atoms with Crippen LogP contribution in [0.1, 0.15) is 25.8 Å². The van der Waals surface area contributed by atoms with Crippen LogP contribution in [0.5, 0.6) is 0 Å². The van der Waals surface area contributed by atoms with E-state index in [9.17, 15) is 9.59 Å². The molecule has 130 valence electrons. The fraction of sp³-hybridized carbons (Fsp3) is 0.316. The molecule has 0 spiro atoms. The van der Waals surface area contributed by atoms with E-state index in [1.165, 1.54) is 4.57 Å². The monoisotopic (exact) mass is 357 g/mol. The molecule has 3 rings (SSSR count). The van der Waals surface area contributed by atoms with E-state index in [-0.39, 0.29) is 11.2 Å². The van der Waals surface area contributed by atoms with Crippen molar-refractivity contribution in [1.82, 2.24) is 14.1 Å². The summed E-state index contributed by atoms with van der Waals surface area (Å²) >= 11 is 6.05. The van der Waals surface area contributed by atoms with Crippen LogP contribution in [0.2, 0.25) is 5.02 Å². The highest BCUT2D eigenvalue weighted by atomic mass is 35.5. The Morgan fingerprint density at radius 3 is 2.64 bits per heavy atom. The third-order valence-corrected chi connectivity index (χ3v) is 4.37. The fourth-order valence-electron chi connectivity index (χ4n) is 2.79. The summed E-state index contributed by atoms with van der Waals surface area (Å²) in [6.45, 7) is 4.85. The molecular formula is C19H20ClN3O2. The Bertz CT molecular complexity index is 1020. The van der Waals surface area contributed by atoms with Crippen molar-refractivity contribution >= 4 is 22.6 Å². The first-order chi connectivity index (χ1) is 12.0. The lowest BCUT2D eigenvalue weighted by Gasteiger charge is -2.14. The van der Waals surface area contributed by atoms with E-state index in [4.69, 9.17) is 11.6 Å². The van der Waals surface area contributed by atoms with E-state index in [0.717, 1.165) is 12.0 Å². The van der Waals surface area contributed by atoms with Gasteiger partial charge in [-0.1, -0.05) is 37.6 Å². The van der Waals surface area contributed by atoms with Gasteiger partial charge in [-0.05, 0) is 42.2 Å². The van der Waals surface area contributed by atoms with Gasteiger partial charge in [0.05, 0.1) is 11.9 Å². The zero-order chi connectivity index (χ0) is 18.0. The van der Waals surface area contributed by atoms with Gasteiger partial charge in [0.2, 0.25) is 0 Å². The molecule has 0 atom stereocenters. The van der Waals surface area contributed by atoms with Gasteiger partial charge in [-0.2, -0.15) is 0 Å². The summed E-state index contributed by atoms with van der Waals surface area (Å²) in [5, 5.41) is 1.06. The van der Waals surface area contributed by atoms with E-state index >= 15 is 0 Å². The molecule has 2 heterocycles. The predicted molar refractivity (Wildman–Crippen MR) is 100 cm³/mol. The number of pyridine rings is 1. The number of benzene rings is 1. The quantitative estimate of drug-likeness (QED) is 0.704. The molecule has 0 saturated carbocycles. The van der Waals surface area contributed by atoms with Crippen LogP contribution in [-0.4, -0.2) is 14.1 Å². The number of rotatable bonds is 5. The molecular weight excluding hydrogens is 338 g/mol. The van der Waals surface area contributed by atoms with Crippen LogP contribution in [0.3, 0.4) is 0 Å². The Labute approximate surface area is 150 Å². The summed E-state index contributed by atoms with van der Waals surface area (Å²) in [5.41, 5.74) is 0.668. The Hall–Kier alpha value is -2.40. The molecule has 5 nitrogen and oxygen atoms in total. The molecule has 0 unspecified atom stereocenters. The number of halogens is 1. The standard InChI is InChI=1S/C19H20ClN3O2/c1-13(2)8-10-22-18(24)16-7-4-9-21-17(16)23(19(22)25)12-14-5-3-6-15(20)11-14/h3-7,9,11,13H,8,10,12H2,1-2H3. The Balaban J connectivity index is 2.19. The second-order valence-corrected chi connectivity index (χ2v) is 6.95. The lowest BCUT2D eigenvalue weighted by atomic mass is 10.1. The second kappa shape index (κ2) is 7.23. The molecule has 0 aliphatic rings. The summed E-state index contributed by atoms with van der Waals surface area (Å²) < 4.78 is 2.86. The van der Waals surface area contributed by atoms with Gasteiger partial charge in [-0.15, -0.1) is 0 Å². The molecule has 0 amide bonds. The van der Waals surface area contributed by atoms with E-state index in [0.29, 0.717) is 35.1 Å². The minimum Gasteiger partial charge on any atom is -0.273 e. The summed E-state index contributed by atoms with van der Waals surface area (Å²) in [7, 11) is 0. The Morgan fingerprint density at radius 2 is 1.92 bits per heavy atom. The van der Waals surface area contributed by atoms with Gasteiger partial charge in [-0.3, -0.25) is 13.9 Å². The maximum Gasteiger partial charge on any atom is 0.332 e. The highest BCUT2D eigenvalue weighted by Crippen LogP contribution is 2.13. The zero-order valence-electron chi connectivity index (χ0n) is 14.3. The van der Waals surface area contributed by atoms with Crippen LogP contribution >= 0.6 is 11.6 Å². The summed E-state index contributed by atoms with van der Waals surface area (Å²) in [5.74, 6) is 0.400. The van der Waals surface area contributed by atoms with Crippen molar-refractivity contribution in [2.24, 2.45) is 5.92 Å². The van der Waals surface area contributed by atoms with E-state index in [1.807, 2.05) is 18.2 Å². The number of nitrogens with zero attached hydrogens (tertiary/aromatic N) is 3. The van der Waals surface area contributed by atoms with Crippen LogP contribution in [0.15, 0.2) is 52.2 Å². The fourth-order valence-corrected chi connectivity index (χ4v) is 3.01. The van der Waals surface area contributed by atoms with Crippen LogP contribution in [0, 0.1) is 5.92 Å². The third-order valence-electron chi connectivity index (χ3n) is 4.14. The van der Waals surface area contributed by atoms with Crippen LogP contribution < -0.4 is 11.2 Å². The van der Waals surface area contributed by atoms with Gasteiger partial charge in [0.25, 0.3) is 5.56 Å². The van der Waals surface area contributed by atoms with Gasteiger partial charge < -0.3 is 0 Å². The van der Waals surface area contributed by atoms with Crippen molar-refractivity contribution < 1.29 is 0 Å². The van der Waals surface area contributed by atoms with E-state index < -0.39 is 0 Å². The molecule has 0 N–H and O–H groups in total. The highest BCUT2D eigenvalue weighted by Gasteiger charge is 2.14. The average molecular weight is 358 g/mol. The maximum absolute atomic E-state index is 13.0. The number of hydrogen-bond acceptors (Lipinski definition) is 3. The van der Waals surface area contributed by atoms with E-state index in [1.54, 1.807) is 29.0 Å². The van der Waals surface area contributed by atoms with Crippen LogP contribution in [0.25, 0.3) is 11.0 Å². The topological polar surface area (TPSA) is 56.9 Å². The molecule has 0 bridgehead atoms. The van der Waals surface area contributed by atoms with Crippen molar-refractivity contribution in [3.8, 4) is 0 Å². The predicted octanol–water partition coefficient (Wildman–Crippen LogP) is 3.31. The molecule has 2 aromatic heterocycles. The Kier molecular flexibility index (Phi) is 5.04. The lowest BCUT2D eigenvalue weighted by molar-refractivity contribution is 0.485. The largest absolute Gasteiger partial charge is 0.332 e. The molecule has 1 aromatic carbocycles. The zero-order valence-corrected chi connectivity index (χ0v) is 15.0. The molecule has 25 heavy (non-hydrogen) atoms. The smallest absolute Gasteiger partial charge is 0.273 e. The molecule has 0 aliphatic carbocycles. The normalized spacial score (nSPS) is 11.4. The third kappa shape index (κ3) is 3.66. The van der Waals surface area contributed by atoms with Crippen molar-refractivity contribution in [2.45, 2.75) is 33.4 Å². The number of fused-ring (bicyclic) bond motifs is 1.